The molecule has 1 aliphatic rings. The van der Waals surface area contributed by atoms with Crippen LogP contribution in [0.4, 0.5) is 0 Å². The number of carbonyl (C=O) groups is 1. The van der Waals surface area contributed by atoms with E-state index in [9.17, 15) is 4.79 Å². The van der Waals surface area contributed by atoms with Gasteiger partial charge < -0.3 is 4.74 Å². The van der Waals surface area contributed by atoms with E-state index in [0.29, 0.717) is 13.0 Å². The van der Waals surface area contributed by atoms with Gasteiger partial charge in [-0.15, -0.1) is 23.2 Å². The highest BCUT2D eigenvalue weighted by atomic mass is 35.5. The molecule has 0 spiro atoms. The Labute approximate surface area is 75.8 Å². The largest absolute Gasteiger partial charge is 0.465 e. The molecule has 0 aromatic heterocycles. The third-order valence-corrected chi connectivity index (χ3v) is 3.09. The maximum atomic E-state index is 11.2. The first-order chi connectivity index (χ1) is 4.94. The van der Waals surface area contributed by atoms with Gasteiger partial charge in [0.25, 0.3) is 0 Å². The van der Waals surface area contributed by atoms with Gasteiger partial charge in [-0.3, -0.25) is 4.79 Å². The molecule has 0 bridgehead atoms. The Morgan fingerprint density at radius 2 is 2.09 bits per heavy atom. The van der Waals surface area contributed by atoms with Gasteiger partial charge >= 0.3 is 5.97 Å². The van der Waals surface area contributed by atoms with E-state index in [0.717, 1.165) is 0 Å². The number of hydrogen-bond acceptors (Lipinski definition) is 2. The number of rotatable bonds is 2. The van der Waals surface area contributed by atoms with E-state index in [4.69, 9.17) is 27.9 Å². The van der Waals surface area contributed by atoms with Crippen LogP contribution in [0.1, 0.15) is 20.3 Å². The number of carbonyl (C=O) groups excluding carboxylic acids is 1. The second kappa shape index (κ2) is 2.53. The van der Waals surface area contributed by atoms with Gasteiger partial charge in [-0.2, -0.15) is 0 Å². The van der Waals surface area contributed by atoms with Crippen LogP contribution < -0.4 is 0 Å². The molecule has 0 N–H and O–H groups in total. The zero-order valence-electron chi connectivity index (χ0n) is 6.49. The minimum absolute atomic E-state index is 0.301. The maximum Gasteiger partial charge on any atom is 0.314 e. The lowest BCUT2D eigenvalue weighted by Gasteiger charge is -2.09. The summed E-state index contributed by atoms with van der Waals surface area (Å²) in [7, 11) is 0. The Kier molecular flexibility index (Phi) is 2.10. The van der Waals surface area contributed by atoms with Gasteiger partial charge in [0.15, 0.2) is 0 Å². The Bertz CT molecular complexity index is 191. The molecular weight excluding hydrogens is 187 g/mol. The lowest BCUT2D eigenvalue weighted by molar-refractivity contribution is -0.149. The van der Waals surface area contributed by atoms with Crippen molar-refractivity contribution in [3.8, 4) is 0 Å². The SMILES string of the molecule is CCOC(=O)[C@@]1(C)CC1(Cl)Cl. The molecule has 1 rings (SSSR count). The number of alkyl halides is 2. The van der Waals surface area contributed by atoms with Crippen LogP contribution in [-0.2, 0) is 9.53 Å². The number of hydrogen-bond donors (Lipinski definition) is 0. The summed E-state index contributed by atoms with van der Waals surface area (Å²) in [6, 6.07) is 0. The highest BCUT2D eigenvalue weighted by molar-refractivity contribution is 6.53. The quantitative estimate of drug-likeness (QED) is 0.500. The van der Waals surface area contributed by atoms with E-state index in [1.54, 1.807) is 13.8 Å². The molecule has 0 unspecified atom stereocenters. The lowest BCUT2D eigenvalue weighted by atomic mass is 10.1. The molecule has 1 fully saturated rings. The van der Waals surface area contributed by atoms with Crippen LogP contribution in [0.25, 0.3) is 0 Å². The molecular formula is C7H10Cl2O2. The van der Waals surface area contributed by atoms with Crippen molar-refractivity contribution in [2.75, 3.05) is 6.61 Å². The Balaban J connectivity index is 2.57. The summed E-state index contributed by atoms with van der Waals surface area (Å²) < 4.78 is 3.89. The van der Waals surface area contributed by atoms with Crippen molar-refractivity contribution in [2.45, 2.75) is 24.6 Å². The monoisotopic (exact) mass is 196 g/mol. The predicted molar refractivity (Wildman–Crippen MR) is 43.8 cm³/mol. The summed E-state index contributed by atoms with van der Waals surface area (Å²) in [5, 5.41) is 0. The Hall–Kier alpha value is 0.0500. The van der Waals surface area contributed by atoms with E-state index in [1.165, 1.54) is 0 Å². The highest BCUT2D eigenvalue weighted by Crippen LogP contribution is 2.64. The van der Waals surface area contributed by atoms with Gasteiger partial charge in [-0.05, 0) is 13.8 Å². The molecule has 4 heteroatoms. The molecule has 0 aromatic carbocycles. The minimum atomic E-state index is -0.904. The highest BCUT2D eigenvalue weighted by Gasteiger charge is 2.69. The second-order valence-corrected chi connectivity index (χ2v) is 4.42. The average Bonchev–Trinajstić information content (AvgIpc) is 2.35. The summed E-state index contributed by atoms with van der Waals surface area (Å²) in [4.78, 5) is 11.2. The van der Waals surface area contributed by atoms with Gasteiger partial charge in [0.05, 0.1) is 6.61 Å². The first-order valence-corrected chi connectivity index (χ1v) is 4.25. The molecule has 0 radical (unpaired) electrons. The fraction of sp³-hybridized carbons (Fsp3) is 0.857. The van der Waals surface area contributed by atoms with Gasteiger partial charge in [0.1, 0.15) is 9.75 Å². The molecule has 0 aliphatic heterocycles. The van der Waals surface area contributed by atoms with E-state index in [2.05, 4.69) is 0 Å². The molecule has 1 saturated carbocycles. The Morgan fingerprint density at radius 3 is 2.36 bits per heavy atom. The van der Waals surface area contributed by atoms with E-state index >= 15 is 0 Å². The van der Waals surface area contributed by atoms with Crippen molar-refractivity contribution in [3.63, 3.8) is 0 Å². The van der Waals surface area contributed by atoms with Crippen molar-refractivity contribution >= 4 is 29.2 Å². The molecule has 1 atom stereocenters. The van der Waals surface area contributed by atoms with Crippen molar-refractivity contribution in [1.29, 1.82) is 0 Å². The summed E-state index contributed by atoms with van der Waals surface area (Å²) in [6.45, 7) is 3.84. The normalized spacial score (nSPS) is 33.1. The van der Waals surface area contributed by atoms with E-state index in [1.807, 2.05) is 0 Å². The van der Waals surface area contributed by atoms with Crippen LogP contribution in [-0.4, -0.2) is 16.9 Å². The topological polar surface area (TPSA) is 26.3 Å². The zero-order valence-corrected chi connectivity index (χ0v) is 8.00. The van der Waals surface area contributed by atoms with Crippen LogP contribution in [0.15, 0.2) is 0 Å². The minimum Gasteiger partial charge on any atom is -0.465 e. The molecule has 0 amide bonds. The Morgan fingerprint density at radius 1 is 1.64 bits per heavy atom. The van der Waals surface area contributed by atoms with Gasteiger partial charge in [0, 0.05) is 6.42 Å². The fourth-order valence-electron chi connectivity index (χ4n) is 0.912. The van der Waals surface area contributed by atoms with Gasteiger partial charge in [-0.25, -0.2) is 0 Å². The van der Waals surface area contributed by atoms with Crippen LogP contribution in [0.2, 0.25) is 0 Å². The summed E-state index contributed by atoms with van der Waals surface area (Å²) >= 11 is 11.5. The zero-order chi connectivity index (χ0) is 8.70. The van der Waals surface area contributed by atoms with Crippen molar-refractivity contribution in [2.24, 2.45) is 5.41 Å². The second-order valence-electron chi connectivity index (χ2n) is 2.93. The third-order valence-electron chi connectivity index (χ3n) is 1.98. The molecule has 1 aliphatic carbocycles. The summed E-state index contributed by atoms with van der Waals surface area (Å²) in [6.07, 6.45) is 0.488. The van der Waals surface area contributed by atoms with Crippen LogP contribution in [0.5, 0.6) is 0 Å². The van der Waals surface area contributed by atoms with Crippen LogP contribution in [0, 0.1) is 5.41 Å². The molecule has 64 valence electrons. The summed E-state index contributed by atoms with van der Waals surface area (Å²) in [5.74, 6) is -0.301. The number of halogens is 2. The molecule has 2 nitrogen and oxygen atoms in total. The van der Waals surface area contributed by atoms with Crippen molar-refractivity contribution in [3.05, 3.63) is 0 Å². The van der Waals surface area contributed by atoms with Crippen molar-refractivity contribution < 1.29 is 9.53 Å². The smallest absolute Gasteiger partial charge is 0.314 e. The van der Waals surface area contributed by atoms with Crippen LogP contribution >= 0.6 is 23.2 Å². The third kappa shape index (κ3) is 1.34. The lowest BCUT2D eigenvalue weighted by Crippen LogP contribution is -2.20. The number of ether oxygens (including phenoxy) is 1. The number of esters is 1. The van der Waals surface area contributed by atoms with Crippen LogP contribution in [0.3, 0.4) is 0 Å². The standard InChI is InChI=1S/C7H10Cl2O2/c1-3-11-5(10)6(2)4-7(6,8)9/h3-4H2,1-2H3/t6-/m1/s1. The molecule has 0 saturated heterocycles. The molecule has 11 heavy (non-hydrogen) atoms. The maximum absolute atomic E-state index is 11.2. The molecule has 0 heterocycles. The van der Waals surface area contributed by atoms with Gasteiger partial charge in [-0.1, -0.05) is 0 Å². The summed E-state index contributed by atoms with van der Waals surface area (Å²) in [5.41, 5.74) is -0.674. The van der Waals surface area contributed by atoms with E-state index < -0.39 is 9.75 Å². The van der Waals surface area contributed by atoms with Gasteiger partial charge in [0.2, 0.25) is 0 Å². The fourth-order valence-corrected chi connectivity index (χ4v) is 1.60. The first-order valence-electron chi connectivity index (χ1n) is 3.49. The molecule has 0 aromatic rings. The average molecular weight is 197 g/mol. The van der Waals surface area contributed by atoms with E-state index in [-0.39, 0.29) is 5.97 Å². The first kappa shape index (κ1) is 9.14. The predicted octanol–water partition coefficient (Wildman–Crippen LogP) is 2.13. The van der Waals surface area contributed by atoms with Crippen molar-refractivity contribution in [1.82, 2.24) is 0 Å².